The molecule has 4 N–H and O–H groups in total. The second-order valence-corrected chi connectivity index (χ2v) is 19.2. The first-order chi connectivity index (χ1) is 25.0. The number of rotatable bonds is 8. The number of amides is 1. The van der Waals surface area contributed by atoms with E-state index >= 15 is 0 Å². The Bertz CT molecular complexity index is 1650. The molecule has 5 fully saturated rings. The van der Waals surface area contributed by atoms with Crippen LogP contribution in [-0.4, -0.2) is 40.3 Å². The Morgan fingerprint density at radius 3 is 2.30 bits per heavy atom. The lowest BCUT2D eigenvalue weighted by Gasteiger charge is -2.67. The number of carbonyl (C=O) groups is 3. The Kier molecular flexibility index (Phi) is 12.2. The van der Waals surface area contributed by atoms with Gasteiger partial charge in [0.25, 0.3) is 0 Å². The summed E-state index contributed by atoms with van der Waals surface area (Å²) in [6, 6.07) is 10.0. The number of aromatic nitrogens is 2. The predicted octanol–water partition coefficient (Wildman–Crippen LogP) is 9.55. The van der Waals surface area contributed by atoms with Crippen molar-refractivity contribution >= 4 is 18.2 Å². The highest BCUT2D eigenvalue weighted by Gasteiger charge is 2.66. The van der Waals surface area contributed by atoms with Crippen molar-refractivity contribution in [2.45, 2.75) is 151 Å². The van der Waals surface area contributed by atoms with Gasteiger partial charge in [0.05, 0.1) is 29.3 Å². The molecule has 10 atom stereocenters. The number of esters is 1. The summed E-state index contributed by atoms with van der Waals surface area (Å²) in [5, 5.41) is 3.51. The summed E-state index contributed by atoms with van der Waals surface area (Å²) in [6.07, 6.45) is 16.0. The fraction of sp³-hybridized carbons (Fsp3) is 0.696. The van der Waals surface area contributed by atoms with E-state index in [0.717, 1.165) is 81.2 Å². The van der Waals surface area contributed by atoms with E-state index in [2.05, 4.69) is 56.7 Å². The van der Waals surface area contributed by atoms with Crippen molar-refractivity contribution in [3.8, 4) is 11.3 Å². The molecule has 1 heterocycles. The van der Waals surface area contributed by atoms with Crippen molar-refractivity contribution in [3.63, 3.8) is 0 Å². The van der Waals surface area contributed by atoms with Crippen LogP contribution in [0.1, 0.15) is 139 Å². The number of benzene rings is 1. The van der Waals surface area contributed by atoms with Gasteiger partial charge in [-0.05, 0) is 131 Å². The highest BCUT2D eigenvalue weighted by Crippen LogP contribution is 2.71. The number of imidazole rings is 1. The number of aldehydes is 1. The highest BCUT2D eigenvalue weighted by atomic mass is 16.5. The fourth-order valence-electron chi connectivity index (χ4n) is 12.5. The van der Waals surface area contributed by atoms with Gasteiger partial charge in [-0.3, -0.25) is 9.59 Å². The van der Waals surface area contributed by atoms with E-state index in [4.69, 9.17) is 15.5 Å². The van der Waals surface area contributed by atoms with Gasteiger partial charge < -0.3 is 25.6 Å². The number of allylic oxidation sites excluding steroid dienone is 1. The average Bonchev–Trinajstić information content (AvgIpc) is 3.80. The van der Waals surface area contributed by atoms with Crippen LogP contribution in [0.2, 0.25) is 0 Å². The van der Waals surface area contributed by atoms with Crippen LogP contribution >= 0.6 is 0 Å². The van der Waals surface area contributed by atoms with Crippen LogP contribution in [0.5, 0.6) is 0 Å². The van der Waals surface area contributed by atoms with Gasteiger partial charge in [-0.2, -0.15) is 0 Å². The van der Waals surface area contributed by atoms with Crippen LogP contribution in [0, 0.1) is 51.2 Å². The number of ether oxygens (including phenoxy) is 1. The van der Waals surface area contributed by atoms with E-state index in [0.29, 0.717) is 29.6 Å². The van der Waals surface area contributed by atoms with E-state index in [1.807, 2.05) is 31.3 Å². The molecule has 1 aromatic heterocycles. The molecule has 0 aliphatic heterocycles. The average molecular weight is 743 g/mol. The van der Waals surface area contributed by atoms with Crippen molar-refractivity contribution in [3.05, 3.63) is 55.0 Å². The zero-order valence-electron chi connectivity index (χ0n) is 33.5. The molecule has 10 unspecified atom stereocenters. The Hall–Kier alpha value is -3.26. The standard InChI is InChI=1S/C42H60N4O4.C3H6.CH4/c1-38(2,25-47)23-34(48)50-32-18-21-41(6)30(35(32)43)16-20-40(5)28-17-22-42(19-10-13-29(42)27(28)14-15-33(40)41)37(49)46-39(3,4)36-44-24-31(45-36)26-11-8-7-9-12-26;1-3-2;/h7-9,11-12,24-25,27-30,32-33,35H,10,13-23,43H2,1-6H3,(H,44,45)(H,46,49);3H,1H2,2H3;1H4. The molecule has 1 aromatic carbocycles. The zero-order valence-corrected chi connectivity index (χ0v) is 33.5. The number of aromatic amines is 1. The molecule has 5 aliphatic carbocycles. The van der Waals surface area contributed by atoms with E-state index < -0.39 is 11.0 Å². The molecule has 8 nitrogen and oxygen atoms in total. The Balaban J connectivity index is 0.00000136. The van der Waals surface area contributed by atoms with Crippen LogP contribution < -0.4 is 11.1 Å². The number of nitrogens with one attached hydrogen (secondary N) is 2. The van der Waals surface area contributed by atoms with Crippen molar-refractivity contribution < 1.29 is 19.1 Å². The molecule has 2 aromatic rings. The number of nitrogens with zero attached hydrogens (tertiary/aromatic N) is 1. The van der Waals surface area contributed by atoms with Crippen LogP contribution in [0.3, 0.4) is 0 Å². The molecule has 7 rings (SSSR count). The fourth-order valence-corrected chi connectivity index (χ4v) is 12.5. The van der Waals surface area contributed by atoms with Crippen LogP contribution in [0.4, 0.5) is 0 Å². The normalized spacial score (nSPS) is 35.6. The third kappa shape index (κ3) is 7.37. The second kappa shape index (κ2) is 15.7. The summed E-state index contributed by atoms with van der Waals surface area (Å²) in [7, 11) is 0. The van der Waals surface area contributed by atoms with Gasteiger partial charge in [-0.25, -0.2) is 4.98 Å². The Morgan fingerprint density at radius 2 is 1.61 bits per heavy atom. The highest BCUT2D eigenvalue weighted by molar-refractivity contribution is 5.84. The Morgan fingerprint density at radius 1 is 0.963 bits per heavy atom. The maximum Gasteiger partial charge on any atom is 0.307 e. The topological polar surface area (TPSA) is 127 Å². The monoisotopic (exact) mass is 743 g/mol. The number of fused-ring (bicyclic) bond motifs is 7. The molecule has 0 bridgehead atoms. The quantitative estimate of drug-likeness (QED) is 0.141. The van der Waals surface area contributed by atoms with E-state index in [1.54, 1.807) is 19.9 Å². The summed E-state index contributed by atoms with van der Waals surface area (Å²) >= 11 is 0. The lowest BCUT2D eigenvalue weighted by Crippen LogP contribution is -2.65. The largest absolute Gasteiger partial charge is 0.461 e. The van der Waals surface area contributed by atoms with Crippen molar-refractivity contribution in [2.24, 2.45) is 57.0 Å². The maximum absolute atomic E-state index is 14.6. The molecule has 5 saturated carbocycles. The number of carbonyl (C=O) groups excluding carboxylic acids is 3. The number of nitrogens with two attached hydrogens (primary N) is 1. The van der Waals surface area contributed by atoms with Crippen molar-refractivity contribution in [1.82, 2.24) is 15.3 Å². The van der Waals surface area contributed by atoms with Gasteiger partial charge in [0.1, 0.15) is 18.2 Å². The van der Waals surface area contributed by atoms with Gasteiger partial charge in [-0.1, -0.05) is 78.0 Å². The molecule has 298 valence electrons. The number of hydrogen-bond acceptors (Lipinski definition) is 6. The summed E-state index contributed by atoms with van der Waals surface area (Å²) in [4.78, 5) is 47.0. The molecule has 54 heavy (non-hydrogen) atoms. The lowest BCUT2D eigenvalue weighted by molar-refractivity contribution is -0.194. The van der Waals surface area contributed by atoms with Crippen LogP contribution in [0.15, 0.2) is 49.2 Å². The number of hydrogen-bond donors (Lipinski definition) is 3. The molecule has 0 spiro atoms. The smallest absolute Gasteiger partial charge is 0.307 e. The minimum absolute atomic E-state index is 0. The van der Waals surface area contributed by atoms with E-state index in [9.17, 15) is 14.4 Å². The van der Waals surface area contributed by atoms with Crippen molar-refractivity contribution in [2.75, 3.05) is 0 Å². The van der Waals surface area contributed by atoms with E-state index in [-0.39, 0.29) is 54.1 Å². The summed E-state index contributed by atoms with van der Waals surface area (Å²) in [6.45, 7) is 18.0. The van der Waals surface area contributed by atoms with Gasteiger partial charge >= 0.3 is 5.97 Å². The van der Waals surface area contributed by atoms with Gasteiger partial charge in [0, 0.05) is 11.5 Å². The van der Waals surface area contributed by atoms with Gasteiger partial charge in [0.2, 0.25) is 5.91 Å². The lowest BCUT2D eigenvalue weighted by atomic mass is 9.38. The van der Waals surface area contributed by atoms with Crippen LogP contribution in [0.25, 0.3) is 11.3 Å². The molecule has 5 aliphatic rings. The third-order valence-corrected chi connectivity index (χ3v) is 15.0. The molecular formula is C46H70N4O4. The molecule has 0 saturated heterocycles. The van der Waals surface area contributed by atoms with Gasteiger partial charge in [-0.15, -0.1) is 6.58 Å². The maximum atomic E-state index is 14.6. The third-order valence-electron chi connectivity index (χ3n) is 15.0. The SMILES string of the molecule is C.C=CC.CC(C)(C=O)CC(=O)OC1CCC2(C)C(CCC3(C)C4CCC5(C(=O)NC(C)(C)c6ncc(-c7ccccc7)[nH]6)CCCC5C4CCC23)C1N. The molecule has 1 amide bonds. The molecule has 0 radical (unpaired) electrons. The first kappa shape index (κ1) is 41.9. The zero-order chi connectivity index (χ0) is 38.4. The van der Waals surface area contributed by atoms with Crippen molar-refractivity contribution in [1.29, 1.82) is 0 Å². The summed E-state index contributed by atoms with van der Waals surface area (Å²) < 4.78 is 5.98. The first-order valence-corrected chi connectivity index (χ1v) is 20.5. The predicted molar refractivity (Wildman–Crippen MR) is 217 cm³/mol. The minimum atomic E-state index is -0.727. The Labute approximate surface area is 325 Å². The second-order valence-electron chi connectivity index (χ2n) is 19.2. The van der Waals surface area contributed by atoms with Gasteiger partial charge in [0.15, 0.2) is 0 Å². The summed E-state index contributed by atoms with van der Waals surface area (Å²) in [5.74, 6) is 3.19. The van der Waals surface area contributed by atoms with E-state index in [1.165, 1.54) is 12.8 Å². The molecular weight excluding hydrogens is 673 g/mol. The first-order valence-electron chi connectivity index (χ1n) is 20.5. The molecule has 8 heteroatoms. The summed E-state index contributed by atoms with van der Waals surface area (Å²) in [5.41, 5.74) is 7.73. The number of H-pyrrole nitrogens is 1. The minimum Gasteiger partial charge on any atom is -0.461 e. The van der Waals surface area contributed by atoms with Crippen LogP contribution in [-0.2, 0) is 24.7 Å².